The smallest absolute Gasteiger partial charge is 0.243 e. The molecule has 0 aromatic carbocycles. The van der Waals surface area contributed by atoms with Crippen LogP contribution >= 0.6 is 11.6 Å². The standard InChI is InChI=1S/C11H13ClN4O2S/c1-16-9(2-6-14-16)3-7-15-19(17,18)11-8-13-5-4-10(11)12/h2,4-6,8,15H,3,7H2,1H3. The van der Waals surface area contributed by atoms with Crippen molar-refractivity contribution in [2.75, 3.05) is 6.54 Å². The van der Waals surface area contributed by atoms with E-state index in [0.717, 1.165) is 5.69 Å². The fourth-order valence-corrected chi connectivity index (χ4v) is 3.06. The van der Waals surface area contributed by atoms with Gasteiger partial charge in [0.25, 0.3) is 0 Å². The highest BCUT2D eigenvalue weighted by atomic mass is 35.5. The molecule has 0 atom stereocenters. The number of halogens is 1. The number of nitrogens with one attached hydrogen (secondary N) is 1. The third kappa shape index (κ3) is 3.31. The number of hydrogen-bond acceptors (Lipinski definition) is 4. The van der Waals surface area contributed by atoms with E-state index in [1.54, 1.807) is 10.9 Å². The Morgan fingerprint density at radius 2 is 2.16 bits per heavy atom. The second-order valence-electron chi connectivity index (χ2n) is 3.90. The van der Waals surface area contributed by atoms with Gasteiger partial charge in [-0.15, -0.1) is 0 Å². The summed E-state index contributed by atoms with van der Waals surface area (Å²) in [5.74, 6) is 0. The Balaban J connectivity index is 2.03. The zero-order chi connectivity index (χ0) is 13.9. The van der Waals surface area contributed by atoms with Crippen LogP contribution in [0.3, 0.4) is 0 Å². The highest BCUT2D eigenvalue weighted by Crippen LogP contribution is 2.18. The van der Waals surface area contributed by atoms with Gasteiger partial charge in [-0.25, -0.2) is 13.1 Å². The van der Waals surface area contributed by atoms with Gasteiger partial charge in [-0.05, 0) is 12.1 Å². The molecule has 2 aromatic rings. The van der Waals surface area contributed by atoms with Crippen LogP contribution in [0.5, 0.6) is 0 Å². The molecule has 1 N–H and O–H groups in total. The van der Waals surface area contributed by atoms with Gasteiger partial charge in [0.15, 0.2) is 0 Å². The third-order valence-electron chi connectivity index (χ3n) is 2.62. The lowest BCUT2D eigenvalue weighted by atomic mass is 10.3. The first-order valence-electron chi connectivity index (χ1n) is 5.57. The molecule has 0 fully saturated rings. The molecule has 19 heavy (non-hydrogen) atoms. The van der Waals surface area contributed by atoms with Gasteiger partial charge >= 0.3 is 0 Å². The van der Waals surface area contributed by atoms with E-state index in [9.17, 15) is 8.42 Å². The summed E-state index contributed by atoms with van der Waals surface area (Å²) in [6.07, 6.45) is 4.89. The normalized spacial score (nSPS) is 11.7. The van der Waals surface area contributed by atoms with Crippen LogP contribution in [0, 0.1) is 0 Å². The monoisotopic (exact) mass is 300 g/mol. The van der Waals surface area contributed by atoms with Crippen molar-refractivity contribution in [3.8, 4) is 0 Å². The number of aromatic nitrogens is 3. The Bertz CT molecular complexity index is 669. The molecule has 102 valence electrons. The highest BCUT2D eigenvalue weighted by Gasteiger charge is 2.17. The summed E-state index contributed by atoms with van der Waals surface area (Å²) in [5, 5.41) is 4.17. The number of pyridine rings is 1. The number of hydrogen-bond donors (Lipinski definition) is 1. The third-order valence-corrected chi connectivity index (χ3v) is 4.55. The van der Waals surface area contributed by atoms with Crippen LogP contribution in [0.25, 0.3) is 0 Å². The molecule has 0 radical (unpaired) electrons. The summed E-state index contributed by atoms with van der Waals surface area (Å²) < 4.78 is 28.2. The maximum Gasteiger partial charge on any atom is 0.243 e. The van der Waals surface area contributed by atoms with E-state index in [1.165, 1.54) is 18.5 Å². The largest absolute Gasteiger partial charge is 0.273 e. The molecule has 0 spiro atoms. The molecule has 0 aliphatic carbocycles. The summed E-state index contributed by atoms with van der Waals surface area (Å²) in [7, 11) is -1.82. The van der Waals surface area contributed by atoms with Gasteiger partial charge < -0.3 is 0 Å². The molecule has 0 saturated carbocycles. The van der Waals surface area contributed by atoms with E-state index in [1.807, 2.05) is 13.1 Å². The molecule has 0 aliphatic rings. The van der Waals surface area contributed by atoms with Crippen molar-refractivity contribution in [1.82, 2.24) is 19.5 Å². The first-order chi connectivity index (χ1) is 9.00. The van der Waals surface area contributed by atoms with Crippen molar-refractivity contribution < 1.29 is 8.42 Å². The second kappa shape index (κ2) is 5.68. The number of nitrogens with zero attached hydrogens (tertiary/aromatic N) is 3. The topological polar surface area (TPSA) is 76.9 Å². The summed E-state index contributed by atoms with van der Waals surface area (Å²) in [6, 6.07) is 3.28. The van der Waals surface area contributed by atoms with Gasteiger partial charge in [0.2, 0.25) is 10.0 Å². The number of aryl methyl sites for hydroxylation is 1. The van der Waals surface area contributed by atoms with E-state index in [2.05, 4.69) is 14.8 Å². The van der Waals surface area contributed by atoms with E-state index < -0.39 is 10.0 Å². The molecule has 0 bridgehead atoms. The lowest BCUT2D eigenvalue weighted by molar-refractivity contribution is 0.579. The fraction of sp³-hybridized carbons (Fsp3) is 0.273. The van der Waals surface area contributed by atoms with Gasteiger partial charge in [-0.2, -0.15) is 5.10 Å². The van der Waals surface area contributed by atoms with Crippen molar-refractivity contribution in [3.05, 3.63) is 41.4 Å². The van der Waals surface area contributed by atoms with Crippen LogP contribution in [0.1, 0.15) is 5.69 Å². The van der Waals surface area contributed by atoms with Gasteiger partial charge in [0, 0.05) is 44.3 Å². The molecule has 2 heterocycles. The SMILES string of the molecule is Cn1nccc1CCNS(=O)(=O)c1cnccc1Cl. The molecule has 8 heteroatoms. The lowest BCUT2D eigenvalue weighted by Gasteiger charge is -2.07. The summed E-state index contributed by atoms with van der Waals surface area (Å²) in [5.41, 5.74) is 0.944. The molecule has 0 unspecified atom stereocenters. The minimum atomic E-state index is -3.63. The maximum absolute atomic E-state index is 12.0. The molecule has 6 nitrogen and oxygen atoms in total. The number of sulfonamides is 1. The van der Waals surface area contributed by atoms with Crippen molar-refractivity contribution in [2.24, 2.45) is 7.05 Å². The zero-order valence-corrected chi connectivity index (χ0v) is 11.8. The quantitative estimate of drug-likeness (QED) is 0.893. The Labute approximate surface area is 116 Å². The van der Waals surface area contributed by atoms with Crippen LogP contribution in [-0.4, -0.2) is 29.7 Å². The lowest BCUT2D eigenvalue weighted by Crippen LogP contribution is -2.26. The maximum atomic E-state index is 12.0. The van der Waals surface area contributed by atoms with Crippen LogP contribution in [0.15, 0.2) is 35.6 Å². The Morgan fingerprint density at radius 1 is 1.37 bits per heavy atom. The predicted molar refractivity (Wildman–Crippen MR) is 71.3 cm³/mol. The summed E-state index contributed by atoms with van der Waals surface area (Å²) in [4.78, 5) is 3.75. The van der Waals surface area contributed by atoms with Crippen LogP contribution in [0.2, 0.25) is 5.02 Å². The summed E-state index contributed by atoms with van der Waals surface area (Å²) in [6.45, 7) is 0.271. The van der Waals surface area contributed by atoms with Crippen molar-refractivity contribution >= 4 is 21.6 Å². The molecule has 2 rings (SSSR count). The van der Waals surface area contributed by atoms with Gasteiger partial charge in [0.05, 0.1) is 5.02 Å². The van der Waals surface area contributed by atoms with Crippen molar-refractivity contribution in [3.63, 3.8) is 0 Å². The average molecular weight is 301 g/mol. The Kier molecular flexibility index (Phi) is 4.18. The first kappa shape index (κ1) is 14.0. The van der Waals surface area contributed by atoms with Crippen LogP contribution < -0.4 is 4.72 Å². The van der Waals surface area contributed by atoms with Gasteiger partial charge in [-0.1, -0.05) is 11.6 Å². The first-order valence-corrected chi connectivity index (χ1v) is 7.43. The zero-order valence-electron chi connectivity index (χ0n) is 10.2. The van der Waals surface area contributed by atoms with E-state index in [-0.39, 0.29) is 16.5 Å². The van der Waals surface area contributed by atoms with Crippen LogP contribution in [-0.2, 0) is 23.5 Å². The van der Waals surface area contributed by atoms with Crippen LogP contribution in [0.4, 0.5) is 0 Å². The second-order valence-corrected chi connectivity index (χ2v) is 6.04. The van der Waals surface area contributed by atoms with Crippen molar-refractivity contribution in [2.45, 2.75) is 11.3 Å². The van der Waals surface area contributed by atoms with E-state index in [4.69, 9.17) is 11.6 Å². The minimum Gasteiger partial charge on any atom is -0.273 e. The molecular weight excluding hydrogens is 288 g/mol. The molecule has 0 saturated heterocycles. The minimum absolute atomic E-state index is 0.0123. The van der Waals surface area contributed by atoms with E-state index >= 15 is 0 Å². The molecular formula is C11H13ClN4O2S. The average Bonchev–Trinajstić information content (AvgIpc) is 2.75. The predicted octanol–water partition coefficient (Wildman–Crippen LogP) is 0.989. The molecule has 0 amide bonds. The Hall–Kier alpha value is -1.44. The van der Waals surface area contributed by atoms with Crippen molar-refractivity contribution in [1.29, 1.82) is 0 Å². The number of rotatable bonds is 5. The van der Waals surface area contributed by atoms with Gasteiger partial charge in [0.1, 0.15) is 4.90 Å². The van der Waals surface area contributed by atoms with Gasteiger partial charge in [-0.3, -0.25) is 9.67 Å². The molecule has 2 aromatic heterocycles. The van der Waals surface area contributed by atoms with E-state index in [0.29, 0.717) is 6.42 Å². The highest BCUT2D eigenvalue weighted by molar-refractivity contribution is 7.89. The summed E-state index contributed by atoms with van der Waals surface area (Å²) >= 11 is 5.84. The fourth-order valence-electron chi connectivity index (χ4n) is 1.60. The molecule has 0 aliphatic heterocycles. The Morgan fingerprint density at radius 3 is 2.79 bits per heavy atom.